The largest absolute Gasteiger partial charge is 0.457 e. The van der Waals surface area contributed by atoms with Gasteiger partial charge in [-0.25, -0.2) is 0 Å². The Morgan fingerprint density at radius 1 is 1.10 bits per heavy atom. The fourth-order valence-electron chi connectivity index (χ4n) is 2.09. The molecule has 2 aromatic rings. The van der Waals surface area contributed by atoms with Gasteiger partial charge in [-0.05, 0) is 41.7 Å². The van der Waals surface area contributed by atoms with Crippen molar-refractivity contribution in [1.82, 2.24) is 0 Å². The molecule has 21 heavy (non-hydrogen) atoms. The highest BCUT2D eigenvalue weighted by atomic mass is 35.5. The first-order chi connectivity index (χ1) is 9.97. The molecule has 0 atom stereocenters. The predicted octanol–water partition coefficient (Wildman–Crippen LogP) is 5.31. The number of halogens is 1. The molecule has 0 amide bonds. The van der Waals surface area contributed by atoms with Gasteiger partial charge in [-0.2, -0.15) is 0 Å². The van der Waals surface area contributed by atoms with E-state index in [1.54, 1.807) is 12.1 Å². The monoisotopic (exact) mass is 304 g/mol. The van der Waals surface area contributed by atoms with Crippen LogP contribution in [0, 0.1) is 0 Å². The molecule has 0 saturated carbocycles. The van der Waals surface area contributed by atoms with Gasteiger partial charge in [0.15, 0.2) is 0 Å². The van der Waals surface area contributed by atoms with Crippen molar-refractivity contribution in [2.75, 3.05) is 0 Å². The number of benzene rings is 2. The minimum atomic E-state index is -0.143. The maximum absolute atomic E-state index is 9.40. The molecule has 0 unspecified atom stereocenters. The van der Waals surface area contributed by atoms with Gasteiger partial charge in [0.05, 0.1) is 6.61 Å². The summed E-state index contributed by atoms with van der Waals surface area (Å²) in [5.74, 6) is 1.33. The summed E-state index contributed by atoms with van der Waals surface area (Å²) in [7, 11) is 0. The average Bonchev–Trinajstić information content (AvgIpc) is 2.48. The lowest BCUT2D eigenvalue weighted by Crippen LogP contribution is -2.14. The van der Waals surface area contributed by atoms with Gasteiger partial charge in [0.25, 0.3) is 0 Å². The van der Waals surface area contributed by atoms with Crippen molar-refractivity contribution in [2.24, 2.45) is 0 Å². The summed E-state index contributed by atoms with van der Waals surface area (Å²) in [4.78, 5) is 0. The summed E-state index contributed by atoms with van der Waals surface area (Å²) in [5, 5.41) is 9.91. The number of aliphatic hydroxyl groups is 1. The standard InChI is InChI=1S/C18H21ClO2/c1-4-18(2,3)13-8-10-14(11-9-13)21-17-7-5-6-16(19)15(17)12-20/h5-11,20H,4,12H2,1-3H3. The van der Waals surface area contributed by atoms with Crippen LogP contribution in [0.15, 0.2) is 42.5 Å². The highest BCUT2D eigenvalue weighted by Crippen LogP contribution is 2.32. The first-order valence-electron chi connectivity index (χ1n) is 7.14. The van der Waals surface area contributed by atoms with E-state index >= 15 is 0 Å². The maximum atomic E-state index is 9.40. The van der Waals surface area contributed by atoms with Crippen LogP contribution < -0.4 is 4.74 Å². The summed E-state index contributed by atoms with van der Waals surface area (Å²) in [6, 6.07) is 13.4. The predicted molar refractivity (Wildman–Crippen MR) is 87.2 cm³/mol. The summed E-state index contributed by atoms with van der Waals surface area (Å²) in [5.41, 5.74) is 2.05. The van der Waals surface area contributed by atoms with E-state index in [2.05, 4.69) is 32.9 Å². The van der Waals surface area contributed by atoms with Crippen LogP contribution in [0.2, 0.25) is 5.02 Å². The molecule has 112 valence electrons. The fraction of sp³-hybridized carbons (Fsp3) is 0.333. The summed E-state index contributed by atoms with van der Waals surface area (Å²) in [6.45, 7) is 6.49. The van der Waals surface area contributed by atoms with Gasteiger partial charge in [0.2, 0.25) is 0 Å². The van der Waals surface area contributed by atoms with Crippen LogP contribution in [-0.4, -0.2) is 5.11 Å². The number of hydrogen-bond donors (Lipinski definition) is 1. The normalized spacial score (nSPS) is 11.5. The molecule has 0 bridgehead atoms. The van der Waals surface area contributed by atoms with E-state index in [1.165, 1.54) is 5.56 Å². The second-order valence-electron chi connectivity index (χ2n) is 5.74. The third kappa shape index (κ3) is 3.58. The maximum Gasteiger partial charge on any atom is 0.134 e. The summed E-state index contributed by atoms with van der Waals surface area (Å²) >= 11 is 6.06. The third-order valence-corrected chi connectivity index (χ3v) is 4.34. The number of hydrogen-bond acceptors (Lipinski definition) is 2. The highest BCUT2D eigenvalue weighted by molar-refractivity contribution is 6.31. The summed E-state index contributed by atoms with van der Waals surface area (Å²) < 4.78 is 5.84. The molecular weight excluding hydrogens is 284 g/mol. The lowest BCUT2D eigenvalue weighted by molar-refractivity contribution is 0.276. The Morgan fingerprint density at radius 3 is 2.33 bits per heavy atom. The van der Waals surface area contributed by atoms with Crippen molar-refractivity contribution < 1.29 is 9.84 Å². The molecule has 0 heterocycles. The quantitative estimate of drug-likeness (QED) is 0.811. The van der Waals surface area contributed by atoms with Gasteiger partial charge in [-0.3, -0.25) is 0 Å². The van der Waals surface area contributed by atoms with Crippen molar-refractivity contribution in [2.45, 2.75) is 39.2 Å². The Balaban J connectivity index is 2.24. The minimum Gasteiger partial charge on any atom is -0.457 e. The van der Waals surface area contributed by atoms with E-state index in [0.717, 1.165) is 12.2 Å². The molecule has 3 heteroatoms. The van der Waals surface area contributed by atoms with Crippen LogP contribution in [0.25, 0.3) is 0 Å². The fourth-order valence-corrected chi connectivity index (χ4v) is 2.32. The second kappa shape index (κ2) is 6.50. The summed E-state index contributed by atoms with van der Waals surface area (Å²) in [6.07, 6.45) is 1.08. The Morgan fingerprint density at radius 2 is 1.76 bits per heavy atom. The van der Waals surface area contributed by atoms with Gasteiger partial charge >= 0.3 is 0 Å². The van der Waals surface area contributed by atoms with Crippen molar-refractivity contribution in [3.63, 3.8) is 0 Å². The second-order valence-corrected chi connectivity index (χ2v) is 6.15. The Labute approximate surface area is 131 Å². The van der Waals surface area contributed by atoms with Gasteiger partial charge in [-0.1, -0.05) is 50.6 Å². The molecule has 0 fully saturated rings. The Kier molecular flexibility index (Phi) is 4.92. The zero-order chi connectivity index (χ0) is 15.5. The van der Waals surface area contributed by atoms with Gasteiger partial charge in [0, 0.05) is 10.6 Å². The van der Waals surface area contributed by atoms with Crippen LogP contribution in [0.4, 0.5) is 0 Å². The van der Waals surface area contributed by atoms with Crippen molar-refractivity contribution in [3.8, 4) is 11.5 Å². The topological polar surface area (TPSA) is 29.5 Å². The molecule has 2 aromatic carbocycles. The average molecular weight is 305 g/mol. The van der Waals surface area contributed by atoms with Crippen molar-refractivity contribution in [3.05, 3.63) is 58.6 Å². The van der Waals surface area contributed by atoms with Crippen LogP contribution in [0.1, 0.15) is 38.3 Å². The molecule has 2 rings (SSSR count). The molecular formula is C18H21ClO2. The van der Waals surface area contributed by atoms with Gasteiger partial charge < -0.3 is 9.84 Å². The van der Waals surface area contributed by atoms with Crippen LogP contribution in [0.5, 0.6) is 11.5 Å². The molecule has 0 aliphatic heterocycles. The van der Waals surface area contributed by atoms with E-state index in [4.69, 9.17) is 16.3 Å². The lowest BCUT2D eigenvalue weighted by Gasteiger charge is -2.23. The lowest BCUT2D eigenvalue weighted by atomic mass is 9.82. The molecule has 0 aliphatic carbocycles. The first-order valence-corrected chi connectivity index (χ1v) is 7.52. The van der Waals surface area contributed by atoms with Gasteiger partial charge in [-0.15, -0.1) is 0 Å². The van der Waals surface area contributed by atoms with Crippen LogP contribution >= 0.6 is 11.6 Å². The minimum absolute atomic E-state index is 0.143. The molecule has 1 N–H and O–H groups in total. The molecule has 2 nitrogen and oxygen atoms in total. The van der Waals surface area contributed by atoms with Crippen LogP contribution in [-0.2, 0) is 12.0 Å². The van der Waals surface area contributed by atoms with E-state index in [-0.39, 0.29) is 12.0 Å². The van der Waals surface area contributed by atoms with E-state index in [9.17, 15) is 5.11 Å². The number of rotatable bonds is 5. The first kappa shape index (κ1) is 15.9. The van der Waals surface area contributed by atoms with E-state index in [0.29, 0.717) is 16.3 Å². The Bertz CT molecular complexity index is 603. The molecule has 0 aromatic heterocycles. The molecule has 0 radical (unpaired) electrons. The molecule has 0 saturated heterocycles. The molecule has 0 aliphatic rings. The van der Waals surface area contributed by atoms with E-state index < -0.39 is 0 Å². The number of ether oxygens (including phenoxy) is 1. The van der Waals surface area contributed by atoms with E-state index in [1.807, 2.05) is 18.2 Å². The zero-order valence-electron chi connectivity index (χ0n) is 12.7. The SMILES string of the molecule is CCC(C)(C)c1ccc(Oc2cccc(Cl)c2CO)cc1. The van der Waals surface area contributed by atoms with Crippen LogP contribution in [0.3, 0.4) is 0 Å². The number of aliphatic hydroxyl groups excluding tert-OH is 1. The molecule has 0 spiro atoms. The third-order valence-electron chi connectivity index (χ3n) is 3.98. The van der Waals surface area contributed by atoms with Crippen molar-refractivity contribution >= 4 is 11.6 Å². The smallest absolute Gasteiger partial charge is 0.134 e. The zero-order valence-corrected chi connectivity index (χ0v) is 13.4. The van der Waals surface area contributed by atoms with Gasteiger partial charge in [0.1, 0.15) is 11.5 Å². The Hall–Kier alpha value is -1.51. The highest BCUT2D eigenvalue weighted by Gasteiger charge is 2.17. The van der Waals surface area contributed by atoms with Crippen molar-refractivity contribution in [1.29, 1.82) is 0 Å².